The van der Waals surface area contributed by atoms with E-state index in [1.807, 2.05) is 198 Å². The lowest BCUT2D eigenvalue weighted by Gasteiger charge is -2.32. The van der Waals surface area contributed by atoms with Crippen molar-refractivity contribution in [2.24, 2.45) is 0 Å². The first kappa shape index (κ1) is 67.8. The standard InChI is InChI=1S/C86H72N8O8P2/c1-53(57-31-9-5-10-32-57)87-75(95)61-39-17-23-45-67(61)83-91-79(99)63-41-19-21-43-65(63)81(101)93(91)85(103(83)73-51-29-27-49-71(73)77(97)89-55(3)59-35-13-7-14-36-59)69-47-25-26-48-70(69)86-94-82(102)66-44-22-20-42-64(66)80(100)92(94)84(68-46-24-18-40-62(68)76(96)88-54(2)58-33-11-6-12-34-58)104(86)74-52-30-28-50-72(74)78(98)90-56(4)60-37-15-8-16-38-60/h5-56,83-86H,1-4H3,(H,87,95)(H,88,96)(H,89,97)(H,90,98)/t53-,54-,55-,56-,83-,84-,85-,86-,103?,104?/m0/s1. The van der Waals surface area contributed by atoms with Gasteiger partial charge in [0.1, 0.15) is 23.1 Å². The molecule has 15 rings (SSSR count). The minimum atomic E-state index is -2.31. The van der Waals surface area contributed by atoms with Gasteiger partial charge in [0.15, 0.2) is 0 Å². The molecule has 2 unspecified atom stereocenters. The summed E-state index contributed by atoms with van der Waals surface area (Å²) in [6.45, 7) is 7.57. The Morgan fingerprint density at radius 2 is 0.462 bits per heavy atom. The van der Waals surface area contributed by atoms with Crippen molar-refractivity contribution in [2.45, 2.75) is 75.0 Å². The SMILES string of the molecule is C[C@H](NC(=O)c1ccccc1[C@H]1n2c(=O)c3ccccc3c(=O)n2[C@H](c2ccccc2[C@H]2n3c(=O)c4ccccc4c(=O)n3[C@H](c3ccccc3C(=O)N[C@@H](C)c3ccccc3)P2c2ccccc2C(=O)N[C@@H](C)c2ccccc2)P1c1ccccc1C(=O)N[C@@H](C)c1ccccc1)c1ccccc1. The molecule has 2 aromatic heterocycles. The Kier molecular flexibility index (Phi) is 18.8. The fourth-order valence-corrected chi connectivity index (χ4v) is 21.9. The topological polar surface area (TPSA) is 204 Å². The number of carbonyl (C=O) groups is 4. The first-order valence-corrected chi connectivity index (χ1v) is 37.6. The van der Waals surface area contributed by atoms with E-state index in [0.717, 1.165) is 22.3 Å². The molecule has 514 valence electrons. The van der Waals surface area contributed by atoms with Crippen LogP contribution in [0.25, 0.3) is 21.5 Å². The molecular formula is C86H72N8O8P2. The summed E-state index contributed by atoms with van der Waals surface area (Å²) in [6, 6.07) is 85.4. The minimum Gasteiger partial charge on any atom is -0.346 e. The van der Waals surface area contributed by atoms with Gasteiger partial charge in [0.05, 0.1) is 45.7 Å². The quantitative estimate of drug-likeness (QED) is 0.0607. The number of aromatic nitrogens is 4. The van der Waals surface area contributed by atoms with E-state index in [0.29, 0.717) is 32.9 Å². The number of hydrogen-bond donors (Lipinski definition) is 4. The largest absolute Gasteiger partial charge is 0.346 e. The highest BCUT2D eigenvalue weighted by Gasteiger charge is 2.52. The van der Waals surface area contributed by atoms with Crippen LogP contribution in [0.3, 0.4) is 0 Å². The van der Waals surface area contributed by atoms with E-state index in [4.69, 9.17) is 0 Å². The van der Waals surface area contributed by atoms with Crippen LogP contribution in [0.5, 0.6) is 0 Å². The number of nitrogens with one attached hydrogen (secondary N) is 4. The van der Waals surface area contributed by atoms with E-state index in [2.05, 4.69) is 21.3 Å². The van der Waals surface area contributed by atoms with Gasteiger partial charge in [-0.05, 0) is 147 Å². The van der Waals surface area contributed by atoms with Crippen molar-refractivity contribution in [1.29, 1.82) is 0 Å². The summed E-state index contributed by atoms with van der Waals surface area (Å²) in [4.78, 5) is 128. The van der Waals surface area contributed by atoms with Crippen molar-refractivity contribution in [3.8, 4) is 0 Å². The molecule has 0 fully saturated rings. The predicted molar refractivity (Wildman–Crippen MR) is 412 cm³/mol. The van der Waals surface area contributed by atoms with Gasteiger partial charge in [-0.2, -0.15) is 0 Å². The summed E-state index contributed by atoms with van der Waals surface area (Å²) in [7, 11) is -4.63. The minimum absolute atomic E-state index is 0.112. The monoisotopic (exact) mass is 1410 g/mol. The van der Waals surface area contributed by atoms with Crippen molar-refractivity contribution < 1.29 is 19.2 Å². The third-order valence-corrected chi connectivity index (χ3v) is 26.0. The molecule has 104 heavy (non-hydrogen) atoms. The van der Waals surface area contributed by atoms with E-state index in [1.165, 1.54) is 18.7 Å². The molecule has 10 atom stereocenters. The Balaban J connectivity index is 1.02. The van der Waals surface area contributed by atoms with Gasteiger partial charge >= 0.3 is 0 Å². The third-order valence-electron chi connectivity index (χ3n) is 20.0. The zero-order valence-electron chi connectivity index (χ0n) is 57.3. The molecular weight excluding hydrogens is 1330 g/mol. The molecule has 4 N–H and O–H groups in total. The number of fused-ring (bicyclic) bond motifs is 4. The van der Waals surface area contributed by atoms with Crippen LogP contribution in [0.15, 0.2) is 310 Å². The van der Waals surface area contributed by atoms with Crippen LogP contribution in [0.2, 0.25) is 0 Å². The maximum Gasteiger partial charge on any atom is 0.274 e. The molecule has 0 saturated heterocycles. The number of carbonyl (C=O) groups excluding carboxylic acids is 4. The molecule has 11 aromatic carbocycles. The average Bonchev–Trinajstić information content (AvgIpc) is 1.54. The normalized spacial score (nSPS) is 17.8. The smallest absolute Gasteiger partial charge is 0.274 e. The number of hydrogen-bond acceptors (Lipinski definition) is 8. The second-order valence-corrected chi connectivity index (χ2v) is 30.8. The summed E-state index contributed by atoms with van der Waals surface area (Å²) in [5.74, 6) is -6.68. The lowest BCUT2D eigenvalue weighted by atomic mass is 10.0. The molecule has 4 heterocycles. The second kappa shape index (κ2) is 28.8. The molecule has 4 amide bonds. The van der Waals surface area contributed by atoms with Crippen molar-refractivity contribution in [1.82, 2.24) is 40.0 Å². The van der Waals surface area contributed by atoms with Crippen LogP contribution in [0.1, 0.15) is 161 Å². The summed E-state index contributed by atoms with van der Waals surface area (Å²) >= 11 is 0. The van der Waals surface area contributed by atoms with E-state index in [-0.39, 0.29) is 43.8 Å². The number of benzene rings is 11. The van der Waals surface area contributed by atoms with Gasteiger partial charge in [0.2, 0.25) is 0 Å². The van der Waals surface area contributed by atoms with Crippen LogP contribution >= 0.6 is 15.8 Å². The summed E-state index contributed by atoms with van der Waals surface area (Å²) in [5.41, 5.74) is 3.74. The Hall–Kier alpha value is -12.0. The van der Waals surface area contributed by atoms with Gasteiger partial charge in [-0.3, -0.25) is 38.4 Å². The Labute approximate surface area is 601 Å². The van der Waals surface area contributed by atoms with Crippen molar-refractivity contribution in [3.63, 3.8) is 0 Å². The lowest BCUT2D eigenvalue weighted by molar-refractivity contribution is 0.0930. The van der Waals surface area contributed by atoms with Crippen LogP contribution in [-0.4, -0.2) is 42.4 Å². The Bertz CT molecular complexity index is 5400. The van der Waals surface area contributed by atoms with Crippen LogP contribution in [0.4, 0.5) is 0 Å². The maximum absolute atomic E-state index is 16.6. The van der Waals surface area contributed by atoms with E-state index >= 15 is 38.4 Å². The van der Waals surface area contributed by atoms with E-state index in [1.54, 1.807) is 121 Å². The van der Waals surface area contributed by atoms with Gasteiger partial charge in [-0.25, -0.2) is 18.7 Å². The van der Waals surface area contributed by atoms with Crippen molar-refractivity contribution in [3.05, 3.63) is 399 Å². The average molecular weight is 1410 g/mol. The zero-order chi connectivity index (χ0) is 71.9. The number of amides is 4. The molecule has 16 nitrogen and oxygen atoms in total. The molecule has 2 aliphatic rings. The Morgan fingerprint density at radius 3 is 0.740 bits per heavy atom. The molecule has 18 heteroatoms. The number of nitrogens with zero attached hydrogens (tertiary/aromatic N) is 4. The second-order valence-electron chi connectivity index (χ2n) is 26.3. The first-order chi connectivity index (χ1) is 50.7. The van der Waals surface area contributed by atoms with Gasteiger partial charge in [0.25, 0.3) is 45.9 Å². The van der Waals surface area contributed by atoms with Crippen molar-refractivity contribution >= 4 is 71.6 Å². The van der Waals surface area contributed by atoms with E-state index < -0.39 is 109 Å². The predicted octanol–water partition coefficient (Wildman–Crippen LogP) is 14.4. The van der Waals surface area contributed by atoms with Crippen molar-refractivity contribution in [2.75, 3.05) is 0 Å². The molecule has 0 spiro atoms. The molecule has 2 aliphatic heterocycles. The fraction of sp³-hybridized carbons (Fsp3) is 0.140. The van der Waals surface area contributed by atoms with Gasteiger partial charge < -0.3 is 21.3 Å². The summed E-state index contributed by atoms with van der Waals surface area (Å²) in [5, 5.41) is 14.4. The van der Waals surface area contributed by atoms with E-state index in [9.17, 15) is 0 Å². The summed E-state index contributed by atoms with van der Waals surface area (Å²) < 4.78 is 5.94. The Morgan fingerprint density at radius 1 is 0.260 bits per heavy atom. The fourth-order valence-electron chi connectivity index (χ4n) is 14.9. The van der Waals surface area contributed by atoms with Gasteiger partial charge in [0, 0.05) is 22.3 Å². The molecule has 0 radical (unpaired) electrons. The van der Waals surface area contributed by atoms with Gasteiger partial charge in [-0.15, -0.1) is 0 Å². The lowest BCUT2D eigenvalue weighted by Crippen LogP contribution is -2.39. The van der Waals surface area contributed by atoms with Crippen LogP contribution in [-0.2, 0) is 0 Å². The first-order valence-electron chi connectivity index (χ1n) is 34.6. The number of rotatable bonds is 18. The maximum atomic E-state index is 16.6. The molecule has 0 saturated carbocycles. The van der Waals surface area contributed by atoms with Crippen LogP contribution < -0.4 is 54.1 Å². The third kappa shape index (κ3) is 12.3. The van der Waals surface area contributed by atoms with Crippen LogP contribution in [0, 0.1) is 0 Å². The molecule has 13 aromatic rings. The highest BCUT2D eigenvalue weighted by atomic mass is 31.1. The summed E-state index contributed by atoms with van der Waals surface area (Å²) in [6.07, 6.45) is 0. The highest BCUT2D eigenvalue weighted by Crippen LogP contribution is 2.70. The highest BCUT2D eigenvalue weighted by molar-refractivity contribution is 7.67. The molecule has 0 bridgehead atoms. The van der Waals surface area contributed by atoms with Gasteiger partial charge in [-0.1, -0.05) is 243 Å². The zero-order valence-corrected chi connectivity index (χ0v) is 59.1. The molecule has 0 aliphatic carbocycles.